The van der Waals surface area contributed by atoms with Crippen LogP contribution >= 0.6 is 0 Å². The Hall–Kier alpha value is -1.31. The van der Waals surface area contributed by atoms with Gasteiger partial charge in [0.2, 0.25) is 0 Å². The molecule has 25 heavy (non-hydrogen) atoms. The minimum atomic E-state index is 0. The molecule has 3 aromatic rings. The van der Waals surface area contributed by atoms with E-state index in [9.17, 15) is 0 Å². The molecule has 3 aliphatic rings. The number of benzene rings is 1. The van der Waals surface area contributed by atoms with E-state index in [4.69, 9.17) is 9.97 Å². The van der Waals surface area contributed by atoms with Gasteiger partial charge in [0.1, 0.15) is 0 Å². The number of nitrogens with zero attached hydrogens (tertiary/aromatic N) is 2. The van der Waals surface area contributed by atoms with Crippen LogP contribution in [0.25, 0.3) is 21.8 Å². The summed E-state index contributed by atoms with van der Waals surface area (Å²) in [5.41, 5.74) is 7.68. The molecule has 0 amide bonds. The van der Waals surface area contributed by atoms with Crippen molar-refractivity contribution in [3.05, 3.63) is 46.8 Å². The summed E-state index contributed by atoms with van der Waals surface area (Å²) in [6, 6.07) is 7.83. The van der Waals surface area contributed by atoms with Crippen molar-refractivity contribution in [1.29, 1.82) is 0 Å². The molecule has 2 saturated carbocycles. The van der Waals surface area contributed by atoms with Gasteiger partial charge in [-0.25, -0.2) is 0 Å². The predicted molar refractivity (Wildman–Crippen MR) is 96.3 cm³/mol. The topological polar surface area (TPSA) is 25.8 Å². The predicted octanol–water partition coefficient (Wildman–Crippen LogP) is 5.20. The Kier molecular flexibility index (Phi) is 3.40. The molecule has 3 aliphatic carbocycles. The van der Waals surface area contributed by atoms with Gasteiger partial charge in [-0.05, 0) is 89.5 Å². The molecule has 129 valence electrons. The summed E-state index contributed by atoms with van der Waals surface area (Å²) in [5.74, 6) is 3.40. The van der Waals surface area contributed by atoms with E-state index in [1.807, 2.05) is 13.0 Å². The Morgan fingerprint density at radius 1 is 1.08 bits per heavy atom. The third kappa shape index (κ3) is 2.06. The minimum absolute atomic E-state index is 0. The van der Waals surface area contributed by atoms with Crippen molar-refractivity contribution in [2.45, 2.75) is 51.4 Å². The molecular formula is C22H21IrN2-. The van der Waals surface area contributed by atoms with Crippen LogP contribution in [0.15, 0.2) is 18.3 Å². The van der Waals surface area contributed by atoms with Gasteiger partial charge in [-0.1, -0.05) is 23.9 Å². The van der Waals surface area contributed by atoms with Gasteiger partial charge in [-0.3, -0.25) is 0 Å². The smallest absolute Gasteiger partial charge is 0.0199 e. The van der Waals surface area contributed by atoms with Gasteiger partial charge >= 0.3 is 0 Å². The molecule has 6 rings (SSSR count). The first kappa shape index (κ1) is 15.9. The van der Waals surface area contributed by atoms with Crippen LogP contribution in [0, 0.1) is 31.7 Å². The zero-order valence-corrected chi connectivity index (χ0v) is 17.0. The Balaban J connectivity index is 0.00000140. The van der Waals surface area contributed by atoms with Gasteiger partial charge in [0.05, 0.1) is 0 Å². The zero-order valence-electron chi connectivity index (χ0n) is 14.6. The number of pyridine rings is 2. The van der Waals surface area contributed by atoms with Crippen molar-refractivity contribution in [3.63, 3.8) is 0 Å². The maximum Gasteiger partial charge on any atom is 0.0199 e. The molecule has 0 N–H and O–H groups in total. The average Bonchev–Trinajstić information content (AvgIpc) is 2.81. The molecule has 3 heteroatoms. The van der Waals surface area contributed by atoms with Crippen LogP contribution in [0.4, 0.5) is 0 Å². The average molecular weight is 506 g/mol. The Morgan fingerprint density at radius 3 is 2.84 bits per heavy atom. The first-order chi connectivity index (χ1) is 11.7. The standard InChI is InChI=1S/C22H21N2.Ir/c1-11-5-18-20-17-8-13-6-14(17)9-15(7-13)19(20)10-23-22(18)16-4-3-12(2)24-21(11)16;/h3,5,10,13-15,17H,6-9H2,1-2H3;/q-1;. The van der Waals surface area contributed by atoms with Gasteiger partial charge in [-0.2, -0.15) is 0 Å². The van der Waals surface area contributed by atoms with Crippen LogP contribution in [-0.4, -0.2) is 9.97 Å². The van der Waals surface area contributed by atoms with E-state index < -0.39 is 0 Å². The van der Waals surface area contributed by atoms with Crippen molar-refractivity contribution in [2.24, 2.45) is 11.8 Å². The third-order valence-corrected chi connectivity index (χ3v) is 6.92. The monoisotopic (exact) mass is 506 g/mol. The van der Waals surface area contributed by atoms with Gasteiger partial charge in [-0.15, -0.1) is 12.1 Å². The van der Waals surface area contributed by atoms with E-state index in [1.165, 1.54) is 36.6 Å². The van der Waals surface area contributed by atoms with E-state index in [-0.39, 0.29) is 20.1 Å². The summed E-state index contributed by atoms with van der Waals surface area (Å²) in [5, 5.41) is 2.49. The molecular weight excluding hydrogens is 484 g/mol. The van der Waals surface area contributed by atoms with Crippen molar-refractivity contribution in [1.82, 2.24) is 9.97 Å². The fraction of sp³-hybridized carbons (Fsp3) is 0.455. The molecule has 2 aromatic heterocycles. The molecule has 0 spiro atoms. The normalized spacial score (nSPS) is 29.0. The summed E-state index contributed by atoms with van der Waals surface area (Å²) < 4.78 is 0. The zero-order chi connectivity index (χ0) is 16.0. The van der Waals surface area contributed by atoms with Crippen LogP contribution in [0.2, 0.25) is 0 Å². The molecule has 1 aromatic carbocycles. The fourth-order valence-corrected chi connectivity index (χ4v) is 6.07. The Labute approximate surface area is 161 Å². The second kappa shape index (κ2) is 5.34. The van der Waals surface area contributed by atoms with Gasteiger partial charge in [0.25, 0.3) is 0 Å². The summed E-state index contributed by atoms with van der Waals surface area (Å²) in [4.78, 5) is 9.68. The third-order valence-electron chi connectivity index (χ3n) is 6.92. The van der Waals surface area contributed by atoms with Crippen LogP contribution in [0.5, 0.6) is 0 Å². The Bertz CT molecular complexity index is 1020. The van der Waals surface area contributed by atoms with Crippen LogP contribution in [-0.2, 0) is 20.1 Å². The van der Waals surface area contributed by atoms with E-state index in [0.29, 0.717) is 0 Å². The van der Waals surface area contributed by atoms with Crippen LogP contribution in [0.3, 0.4) is 0 Å². The van der Waals surface area contributed by atoms with Crippen LogP contribution < -0.4 is 0 Å². The maximum absolute atomic E-state index is 4.92. The maximum atomic E-state index is 4.92. The summed E-state index contributed by atoms with van der Waals surface area (Å²) >= 11 is 0. The first-order valence-corrected chi connectivity index (χ1v) is 9.30. The first-order valence-electron chi connectivity index (χ1n) is 9.30. The molecule has 4 unspecified atom stereocenters. The van der Waals surface area contributed by atoms with E-state index in [2.05, 4.69) is 25.3 Å². The van der Waals surface area contributed by atoms with E-state index >= 15 is 0 Å². The second-order valence-corrected chi connectivity index (χ2v) is 8.35. The van der Waals surface area contributed by atoms with Crippen molar-refractivity contribution in [3.8, 4) is 0 Å². The van der Waals surface area contributed by atoms with Crippen molar-refractivity contribution < 1.29 is 20.1 Å². The van der Waals surface area contributed by atoms with Gasteiger partial charge < -0.3 is 9.97 Å². The summed E-state index contributed by atoms with van der Waals surface area (Å²) in [6.07, 6.45) is 7.86. The summed E-state index contributed by atoms with van der Waals surface area (Å²) in [7, 11) is 0. The molecule has 0 saturated heterocycles. The SMILES string of the molecule is Cc1c[c-]c2c(n1)c(C)cc1c3c(cnc12)C1CC2CC(C1)C3C2.[Ir]. The fourth-order valence-electron chi connectivity index (χ4n) is 6.07. The van der Waals surface area contributed by atoms with E-state index in [1.54, 1.807) is 11.1 Å². The number of hydrogen-bond acceptors (Lipinski definition) is 2. The summed E-state index contributed by atoms with van der Waals surface area (Å²) in [6.45, 7) is 4.23. The van der Waals surface area contributed by atoms with Crippen molar-refractivity contribution in [2.75, 3.05) is 0 Å². The Morgan fingerprint density at radius 2 is 1.96 bits per heavy atom. The van der Waals surface area contributed by atoms with Gasteiger partial charge in [0, 0.05) is 26.3 Å². The molecule has 2 fully saturated rings. The molecule has 4 atom stereocenters. The van der Waals surface area contributed by atoms with Crippen molar-refractivity contribution >= 4 is 21.8 Å². The molecule has 1 radical (unpaired) electrons. The van der Waals surface area contributed by atoms with Gasteiger partial charge in [0.15, 0.2) is 0 Å². The number of hydrogen-bond donors (Lipinski definition) is 0. The number of rotatable bonds is 0. The molecule has 2 nitrogen and oxygen atoms in total. The largest absolute Gasteiger partial charge is 0.349 e. The number of aromatic nitrogens is 2. The van der Waals surface area contributed by atoms with E-state index in [0.717, 1.165) is 45.8 Å². The number of aryl methyl sites for hydroxylation is 2. The molecule has 3 bridgehead atoms. The molecule has 0 aliphatic heterocycles. The quantitative estimate of drug-likeness (QED) is 0.310. The minimum Gasteiger partial charge on any atom is -0.349 e. The van der Waals surface area contributed by atoms with Crippen LogP contribution in [0.1, 0.15) is 59.9 Å². The second-order valence-electron chi connectivity index (χ2n) is 8.35. The molecule has 2 heterocycles. The number of fused-ring (bicyclic) bond motifs is 9.